The van der Waals surface area contributed by atoms with E-state index >= 15 is 0 Å². The number of hydrogen-bond acceptors (Lipinski definition) is 5. The van der Waals surface area contributed by atoms with Crippen LogP contribution in [-0.4, -0.2) is 18.1 Å². The minimum atomic E-state index is -2.75. The molecule has 4 N–H and O–H groups in total. The second-order valence-corrected chi connectivity index (χ2v) is 3.31. The topological polar surface area (TPSA) is 91.2 Å². The minimum Gasteiger partial charge on any atom is -0.469 e. The Morgan fingerprint density at radius 1 is 1.59 bits per heavy atom. The van der Waals surface area contributed by atoms with Crippen molar-refractivity contribution in [1.29, 1.82) is 0 Å². The Balaban J connectivity index is 3.24. The van der Waals surface area contributed by atoms with Crippen LogP contribution in [0, 0.1) is 0 Å². The van der Waals surface area contributed by atoms with Crippen LogP contribution in [0.1, 0.15) is 23.2 Å². The summed E-state index contributed by atoms with van der Waals surface area (Å²) in [6, 6.07) is 0. The second-order valence-electron chi connectivity index (χ2n) is 3.31. The van der Waals surface area contributed by atoms with Crippen molar-refractivity contribution in [2.24, 2.45) is 5.73 Å². The number of methoxy groups -OCH3 is 1. The SMILES string of the molecule is COC(=O)Cc1c(C(F)F)cnc(CN)c1N. The molecule has 0 amide bonds. The van der Waals surface area contributed by atoms with Crippen LogP contribution < -0.4 is 11.5 Å². The number of rotatable bonds is 4. The van der Waals surface area contributed by atoms with Gasteiger partial charge in [-0.15, -0.1) is 0 Å². The van der Waals surface area contributed by atoms with Crippen molar-refractivity contribution in [2.45, 2.75) is 19.4 Å². The zero-order chi connectivity index (χ0) is 13.0. The molecule has 0 fully saturated rings. The van der Waals surface area contributed by atoms with Gasteiger partial charge in [0.1, 0.15) is 0 Å². The largest absolute Gasteiger partial charge is 0.469 e. The molecule has 0 unspecified atom stereocenters. The summed E-state index contributed by atoms with van der Waals surface area (Å²) < 4.78 is 29.9. The van der Waals surface area contributed by atoms with E-state index in [0.29, 0.717) is 0 Å². The zero-order valence-electron chi connectivity index (χ0n) is 9.24. The smallest absolute Gasteiger partial charge is 0.310 e. The third kappa shape index (κ3) is 2.88. The first-order chi connectivity index (χ1) is 8.01. The van der Waals surface area contributed by atoms with Crippen molar-refractivity contribution in [2.75, 3.05) is 12.8 Å². The van der Waals surface area contributed by atoms with Gasteiger partial charge in [0.15, 0.2) is 0 Å². The average Bonchev–Trinajstić information content (AvgIpc) is 2.30. The molecule has 1 aromatic rings. The molecule has 1 aromatic heterocycles. The van der Waals surface area contributed by atoms with Crippen molar-refractivity contribution in [3.8, 4) is 0 Å². The number of pyridine rings is 1. The summed E-state index contributed by atoms with van der Waals surface area (Å²) in [4.78, 5) is 14.9. The molecular weight excluding hydrogens is 232 g/mol. The first-order valence-electron chi connectivity index (χ1n) is 4.82. The maximum Gasteiger partial charge on any atom is 0.310 e. The van der Waals surface area contributed by atoms with Crippen LogP contribution >= 0.6 is 0 Å². The summed E-state index contributed by atoms with van der Waals surface area (Å²) in [5.41, 5.74) is 11.0. The van der Waals surface area contributed by atoms with E-state index in [2.05, 4.69) is 9.72 Å². The highest BCUT2D eigenvalue weighted by molar-refractivity contribution is 5.76. The van der Waals surface area contributed by atoms with Crippen LogP contribution in [-0.2, 0) is 22.5 Å². The van der Waals surface area contributed by atoms with Crippen LogP contribution in [0.2, 0.25) is 0 Å². The van der Waals surface area contributed by atoms with Crippen LogP contribution in [0.15, 0.2) is 6.20 Å². The summed E-state index contributed by atoms with van der Waals surface area (Å²) in [5.74, 6) is -0.646. The fourth-order valence-electron chi connectivity index (χ4n) is 1.39. The summed E-state index contributed by atoms with van der Waals surface area (Å²) in [7, 11) is 1.17. The number of ether oxygens (including phenoxy) is 1. The summed E-state index contributed by atoms with van der Waals surface area (Å²) in [5, 5.41) is 0. The number of esters is 1. The molecule has 5 nitrogen and oxygen atoms in total. The molecule has 7 heteroatoms. The van der Waals surface area contributed by atoms with Gasteiger partial charge in [-0.3, -0.25) is 9.78 Å². The number of hydrogen-bond donors (Lipinski definition) is 2. The van der Waals surface area contributed by atoms with Gasteiger partial charge in [0.2, 0.25) is 0 Å². The highest BCUT2D eigenvalue weighted by Crippen LogP contribution is 2.28. The van der Waals surface area contributed by atoms with Gasteiger partial charge in [0.25, 0.3) is 6.43 Å². The number of nitrogens with two attached hydrogens (primary N) is 2. The molecular formula is C10H13F2N3O2. The normalized spacial score (nSPS) is 10.6. The first-order valence-corrected chi connectivity index (χ1v) is 4.82. The fraction of sp³-hybridized carbons (Fsp3) is 0.400. The molecule has 0 aliphatic heterocycles. The van der Waals surface area contributed by atoms with Crippen LogP contribution in [0.4, 0.5) is 14.5 Å². The van der Waals surface area contributed by atoms with Crippen LogP contribution in [0.5, 0.6) is 0 Å². The molecule has 0 aromatic carbocycles. The highest BCUT2D eigenvalue weighted by atomic mass is 19.3. The number of alkyl halides is 2. The molecule has 17 heavy (non-hydrogen) atoms. The number of halogens is 2. The van der Waals surface area contributed by atoms with E-state index in [1.54, 1.807) is 0 Å². The van der Waals surface area contributed by atoms with Gasteiger partial charge in [-0.1, -0.05) is 0 Å². The third-order valence-electron chi connectivity index (χ3n) is 2.32. The van der Waals surface area contributed by atoms with Gasteiger partial charge in [-0.05, 0) is 5.56 Å². The van der Waals surface area contributed by atoms with E-state index in [1.165, 1.54) is 7.11 Å². The van der Waals surface area contributed by atoms with Crippen molar-refractivity contribution in [1.82, 2.24) is 4.98 Å². The van der Waals surface area contributed by atoms with E-state index in [4.69, 9.17) is 11.5 Å². The van der Waals surface area contributed by atoms with E-state index in [-0.39, 0.29) is 35.5 Å². The Morgan fingerprint density at radius 3 is 2.71 bits per heavy atom. The van der Waals surface area contributed by atoms with E-state index in [9.17, 15) is 13.6 Å². The molecule has 0 spiro atoms. The fourth-order valence-corrected chi connectivity index (χ4v) is 1.39. The highest BCUT2D eigenvalue weighted by Gasteiger charge is 2.20. The molecule has 0 bridgehead atoms. The van der Waals surface area contributed by atoms with Gasteiger partial charge >= 0.3 is 5.97 Å². The molecule has 1 rings (SSSR count). The second kappa shape index (κ2) is 5.53. The van der Waals surface area contributed by atoms with Crippen molar-refractivity contribution in [3.63, 3.8) is 0 Å². The number of anilines is 1. The first kappa shape index (κ1) is 13.3. The van der Waals surface area contributed by atoms with Crippen molar-refractivity contribution in [3.05, 3.63) is 23.0 Å². The molecule has 0 radical (unpaired) electrons. The number of nitrogens with zero attached hydrogens (tertiary/aromatic N) is 1. The Kier molecular flexibility index (Phi) is 4.33. The molecule has 0 aliphatic rings. The Bertz CT molecular complexity index is 424. The van der Waals surface area contributed by atoms with Gasteiger partial charge in [-0.2, -0.15) is 0 Å². The number of carbonyl (C=O) groups is 1. The third-order valence-corrected chi connectivity index (χ3v) is 2.32. The quantitative estimate of drug-likeness (QED) is 0.765. The predicted octanol–water partition coefficient (Wildman–Crippen LogP) is 0.776. The molecule has 0 aliphatic carbocycles. The van der Waals surface area contributed by atoms with Gasteiger partial charge in [0.05, 0.1) is 24.9 Å². The van der Waals surface area contributed by atoms with Gasteiger partial charge in [-0.25, -0.2) is 8.78 Å². The van der Waals surface area contributed by atoms with Crippen molar-refractivity contribution >= 4 is 11.7 Å². The summed E-state index contributed by atoms with van der Waals surface area (Å²) >= 11 is 0. The Morgan fingerprint density at radius 2 is 2.24 bits per heavy atom. The molecule has 0 atom stereocenters. The number of aromatic nitrogens is 1. The zero-order valence-corrected chi connectivity index (χ0v) is 9.24. The number of carbonyl (C=O) groups excluding carboxylic acids is 1. The lowest BCUT2D eigenvalue weighted by molar-refractivity contribution is -0.139. The van der Waals surface area contributed by atoms with Crippen LogP contribution in [0.3, 0.4) is 0 Å². The lowest BCUT2D eigenvalue weighted by Crippen LogP contribution is -2.14. The standard InChI is InChI=1S/C10H13F2N3O2/c1-17-8(16)2-5-6(10(11)12)4-15-7(3-13)9(5)14/h4,10H,2-3,13-14H2,1H3. The van der Waals surface area contributed by atoms with Gasteiger partial charge < -0.3 is 16.2 Å². The minimum absolute atomic E-state index is 0.0174. The Hall–Kier alpha value is -1.76. The van der Waals surface area contributed by atoms with Crippen molar-refractivity contribution < 1.29 is 18.3 Å². The Labute approximate surface area is 96.8 Å². The van der Waals surface area contributed by atoms with Gasteiger partial charge in [0, 0.05) is 18.3 Å². The monoisotopic (exact) mass is 245 g/mol. The average molecular weight is 245 g/mol. The predicted molar refractivity (Wildman–Crippen MR) is 57.2 cm³/mol. The summed E-state index contributed by atoms with van der Waals surface area (Å²) in [6.07, 6.45) is -2.09. The van der Waals surface area contributed by atoms with E-state index in [0.717, 1.165) is 6.20 Å². The maximum atomic E-state index is 12.7. The number of nitrogen functional groups attached to an aromatic ring is 1. The molecule has 94 valence electrons. The summed E-state index contributed by atoms with van der Waals surface area (Å²) in [6.45, 7) is 0.0174. The maximum absolute atomic E-state index is 12.7. The van der Waals surface area contributed by atoms with E-state index in [1.807, 2.05) is 0 Å². The van der Waals surface area contributed by atoms with Crippen LogP contribution in [0.25, 0.3) is 0 Å². The van der Waals surface area contributed by atoms with E-state index < -0.39 is 12.4 Å². The lowest BCUT2D eigenvalue weighted by Gasteiger charge is -2.13. The molecule has 0 saturated heterocycles. The molecule has 1 heterocycles. The molecule has 0 saturated carbocycles. The lowest BCUT2D eigenvalue weighted by atomic mass is 10.0.